The third-order valence-corrected chi connectivity index (χ3v) is 6.47. The highest BCUT2D eigenvalue weighted by atomic mass is 32.2. The molecule has 0 saturated heterocycles. The maximum atomic E-state index is 13.5. The Hall–Kier alpha value is -3.12. The van der Waals surface area contributed by atoms with Gasteiger partial charge in [-0.2, -0.15) is 0 Å². The van der Waals surface area contributed by atoms with E-state index in [9.17, 15) is 14.0 Å². The number of nitrogens with zero attached hydrogens (tertiary/aromatic N) is 1. The minimum atomic E-state index is -0.673. The lowest BCUT2D eigenvalue weighted by molar-refractivity contribution is -0.139. The van der Waals surface area contributed by atoms with Gasteiger partial charge in [0.05, 0.1) is 5.75 Å². The summed E-state index contributed by atoms with van der Waals surface area (Å²) in [7, 11) is 0. The molecule has 0 radical (unpaired) electrons. The van der Waals surface area contributed by atoms with Crippen LogP contribution in [0.1, 0.15) is 30.9 Å². The molecule has 0 heterocycles. The van der Waals surface area contributed by atoms with Crippen LogP contribution >= 0.6 is 11.8 Å². The predicted molar refractivity (Wildman–Crippen MR) is 136 cm³/mol. The van der Waals surface area contributed by atoms with Gasteiger partial charge in [0.15, 0.2) is 0 Å². The van der Waals surface area contributed by atoms with Gasteiger partial charge in [-0.3, -0.25) is 9.59 Å². The Morgan fingerprint density at radius 3 is 2.21 bits per heavy atom. The largest absolute Gasteiger partial charge is 0.354 e. The molecule has 0 aliphatic heterocycles. The lowest BCUT2D eigenvalue weighted by Gasteiger charge is -2.31. The summed E-state index contributed by atoms with van der Waals surface area (Å²) in [6, 6.07) is 24.8. The lowest BCUT2D eigenvalue weighted by atomic mass is 10.0. The molecule has 3 aromatic carbocycles. The van der Waals surface area contributed by atoms with Crippen molar-refractivity contribution in [3.63, 3.8) is 0 Å². The highest BCUT2D eigenvalue weighted by Crippen LogP contribution is 2.21. The number of unbranched alkanes of at least 4 members (excludes halogenated alkanes) is 1. The third kappa shape index (κ3) is 8.03. The zero-order valence-corrected chi connectivity index (χ0v) is 20.3. The molecule has 0 bridgehead atoms. The van der Waals surface area contributed by atoms with Crippen molar-refractivity contribution in [3.05, 3.63) is 102 Å². The van der Waals surface area contributed by atoms with Crippen molar-refractivity contribution in [2.24, 2.45) is 0 Å². The van der Waals surface area contributed by atoms with Gasteiger partial charge >= 0.3 is 0 Å². The summed E-state index contributed by atoms with van der Waals surface area (Å²) in [6.07, 6.45) is 2.25. The minimum absolute atomic E-state index is 0.134. The van der Waals surface area contributed by atoms with Crippen molar-refractivity contribution in [2.45, 2.75) is 43.7 Å². The first-order chi connectivity index (χ1) is 16.6. The number of nitrogens with one attached hydrogen (secondary N) is 1. The van der Waals surface area contributed by atoms with E-state index >= 15 is 0 Å². The van der Waals surface area contributed by atoms with E-state index in [1.54, 1.807) is 17.0 Å². The summed E-state index contributed by atoms with van der Waals surface area (Å²) in [6.45, 7) is 2.86. The SMILES string of the molecule is CCCCNC(=O)C(Cc1ccccc1)N(Cc1ccc(F)cc1)C(=O)CSc1ccccc1. The average molecular weight is 479 g/mol. The van der Waals surface area contributed by atoms with Crippen molar-refractivity contribution >= 4 is 23.6 Å². The van der Waals surface area contributed by atoms with Crippen molar-refractivity contribution in [1.82, 2.24) is 10.2 Å². The quantitative estimate of drug-likeness (QED) is 0.277. The summed E-state index contributed by atoms with van der Waals surface area (Å²) in [5.41, 5.74) is 1.75. The highest BCUT2D eigenvalue weighted by molar-refractivity contribution is 8.00. The van der Waals surface area contributed by atoms with Crippen LogP contribution < -0.4 is 5.32 Å². The maximum Gasteiger partial charge on any atom is 0.243 e. The van der Waals surface area contributed by atoms with Gasteiger partial charge in [-0.15, -0.1) is 11.8 Å². The first-order valence-electron chi connectivity index (χ1n) is 11.6. The zero-order chi connectivity index (χ0) is 24.2. The molecule has 1 unspecified atom stereocenters. The molecular weight excluding hydrogens is 447 g/mol. The van der Waals surface area contributed by atoms with E-state index in [1.807, 2.05) is 60.7 Å². The summed E-state index contributed by atoms with van der Waals surface area (Å²) in [5, 5.41) is 3.01. The monoisotopic (exact) mass is 478 g/mol. The van der Waals surface area contributed by atoms with E-state index in [-0.39, 0.29) is 29.9 Å². The first-order valence-corrected chi connectivity index (χ1v) is 12.6. The number of thioether (sulfide) groups is 1. The van der Waals surface area contributed by atoms with Crippen LogP contribution in [0.15, 0.2) is 89.8 Å². The number of rotatable bonds is 12. The number of amides is 2. The molecule has 1 N–H and O–H groups in total. The maximum absolute atomic E-state index is 13.5. The second-order valence-corrected chi connectivity index (χ2v) is 9.15. The molecular formula is C28H31FN2O2S. The van der Waals surface area contributed by atoms with E-state index in [1.165, 1.54) is 23.9 Å². The van der Waals surface area contributed by atoms with Crippen LogP contribution in [0.2, 0.25) is 0 Å². The van der Waals surface area contributed by atoms with Gasteiger partial charge in [0.2, 0.25) is 11.8 Å². The van der Waals surface area contributed by atoms with E-state index in [0.717, 1.165) is 28.9 Å². The van der Waals surface area contributed by atoms with Crippen LogP contribution in [0.4, 0.5) is 4.39 Å². The molecule has 3 aromatic rings. The molecule has 178 valence electrons. The van der Waals surface area contributed by atoms with Crippen LogP contribution in [0.5, 0.6) is 0 Å². The Morgan fingerprint density at radius 1 is 0.912 bits per heavy atom. The Morgan fingerprint density at radius 2 is 1.56 bits per heavy atom. The second-order valence-electron chi connectivity index (χ2n) is 8.10. The third-order valence-electron chi connectivity index (χ3n) is 5.47. The fourth-order valence-corrected chi connectivity index (χ4v) is 4.40. The van der Waals surface area contributed by atoms with Gasteiger partial charge < -0.3 is 10.2 Å². The Bertz CT molecular complexity index is 1030. The van der Waals surface area contributed by atoms with Crippen LogP contribution in [0.25, 0.3) is 0 Å². The molecule has 0 saturated carbocycles. The van der Waals surface area contributed by atoms with Crippen molar-refractivity contribution in [3.8, 4) is 0 Å². The van der Waals surface area contributed by atoms with E-state index in [0.29, 0.717) is 13.0 Å². The van der Waals surface area contributed by atoms with E-state index in [2.05, 4.69) is 12.2 Å². The summed E-state index contributed by atoms with van der Waals surface area (Å²) >= 11 is 1.44. The molecule has 0 aliphatic rings. The number of hydrogen-bond donors (Lipinski definition) is 1. The van der Waals surface area contributed by atoms with E-state index in [4.69, 9.17) is 0 Å². The van der Waals surface area contributed by atoms with Crippen molar-refractivity contribution in [1.29, 1.82) is 0 Å². The molecule has 3 rings (SSSR count). The van der Waals surface area contributed by atoms with Gasteiger partial charge in [0.25, 0.3) is 0 Å². The van der Waals surface area contributed by atoms with E-state index < -0.39 is 6.04 Å². The number of benzene rings is 3. The molecule has 2 amide bonds. The Balaban J connectivity index is 1.86. The van der Waals surface area contributed by atoms with Crippen LogP contribution in [-0.2, 0) is 22.6 Å². The van der Waals surface area contributed by atoms with Crippen LogP contribution in [-0.4, -0.2) is 35.1 Å². The summed E-state index contributed by atoms with van der Waals surface area (Å²) < 4.78 is 13.5. The lowest BCUT2D eigenvalue weighted by Crippen LogP contribution is -2.51. The molecule has 0 spiro atoms. The second kappa shape index (κ2) is 13.6. The smallest absolute Gasteiger partial charge is 0.243 e. The number of carbonyl (C=O) groups is 2. The molecule has 1 atom stereocenters. The molecule has 34 heavy (non-hydrogen) atoms. The predicted octanol–water partition coefficient (Wildman–Crippen LogP) is 5.47. The van der Waals surface area contributed by atoms with Crippen LogP contribution in [0, 0.1) is 5.82 Å². The van der Waals surface area contributed by atoms with Crippen molar-refractivity contribution in [2.75, 3.05) is 12.3 Å². The average Bonchev–Trinajstić information content (AvgIpc) is 2.87. The number of halogens is 1. The fourth-order valence-electron chi connectivity index (χ4n) is 3.59. The summed E-state index contributed by atoms with van der Waals surface area (Å²) in [4.78, 5) is 29.4. The topological polar surface area (TPSA) is 49.4 Å². The van der Waals surface area contributed by atoms with Gasteiger partial charge in [-0.25, -0.2) is 4.39 Å². The van der Waals surface area contributed by atoms with Crippen molar-refractivity contribution < 1.29 is 14.0 Å². The molecule has 4 nitrogen and oxygen atoms in total. The summed E-state index contributed by atoms with van der Waals surface area (Å²) in [5.74, 6) is -0.430. The normalized spacial score (nSPS) is 11.6. The fraction of sp³-hybridized carbons (Fsp3) is 0.286. The molecule has 0 fully saturated rings. The van der Waals surface area contributed by atoms with Gasteiger partial charge in [0.1, 0.15) is 11.9 Å². The first kappa shape index (κ1) is 25.5. The standard InChI is InChI=1S/C28H31FN2O2S/c1-2-3-18-30-28(33)26(19-22-10-6-4-7-11-22)31(20-23-14-16-24(29)17-15-23)27(32)21-34-25-12-8-5-9-13-25/h4-17,26H,2-3,18-21H2,1H3,(H,30,33). The van der Waals surface area contributed by atoms with Gasteiger partial charge in [-0.1, -0.05) is 74.0 Å². The Labute approximate surface area is 205 Å². The Kier molecular flexibility index (Phi) is 10.2. The highest BCUT2D eigenvalue weighted by Gasteiger charge is 2.30. The molecule has 0 aliphatic carbocycles. The minimum Gasteiger partial charge on any atom is -0.354 e. The number of hydrogen-bond acceptors (Lipinski definition) is 3. The van der Waals surface area contributed by atoms with Gasteiger partial charge in [0, 0.05) is 24.4 Å². The van der Waals surface area contributed by atoms with Crippen LogP contribution in [0.3, 0.4) is 0 Å². The molecule has 6 heteroatoms. The zero-order valence-electron chi connectivity index (χ0n) is 19.5. The van der Waals surface area contributed by atoms with Gasteiger partial charge in [-0.05, 0) is 41.8 Å². The number of carbonyl (C=O) groups excluding carboxylic acids is 2. The molecule has 0 aromatic heterocycles.